The van der Waals surface area contributed by atoms with E-state index in [1.165, 1.54) is 0 Å². The number of para-hydroxylation sites is 1. The molecule has 0 atom stereocenters. The molecule has 0 aliphatic heterocycles. The van der Waals surface area contributed by atoms with E-state index in [9.17, 15) is 0 Å². The number of rotatable bonds is 6. The van der Waals surface area contributed by atoms with E-state index in [0.717, 1.165) is 5.69 Å². The second-order valence-electron chi connectivity index (χ2n) is 3.18. The average molecular weight is 251 g/mol. The van der Waals surface area contributed by atoms with Crippen LogP contribution in [0.1, 0.15) is 13.8 Å². The highest BCUT2D eigenvalue weighted by molar-refractivity contribution is 7.80. The standard InChI is InChI=1S/C13H17NO2S/c1-3-15-12(10-13(17)16-4-2)14-11-8-6-5-7-9-11/h5-10,14H,3-4H2,1-2H3/b12-10+. The van der Waals surface area contributed by atoms with E-state index in [-0.39, 0.29) is 0 Å². The second kappa shape index (κ2) is 7.68. The van der Waals surface area contributed by atoms with Crippen LogP contribution < -0.4 is 5.32 Å². The highest BCUT2D eigenvalue weighted by Crippen LogP contribution is 2.10. The second-order valence-corrected chi connectivity index (χ2v) is 3.59. The molecule has 1 N–H and O–H groups in total. The topological polar surface area (TPSA) is 30.5 Å². The third kappa shape index (κ3) is 5.36. The van der Waals surface area contributed by atoms with E-state index in [1.807, 2.05) is 44.2 Å². The Morgan fingerprint density at radius 3 is 2.41 bits per heavy atom. The molecule has 0 saturated carbocycles. The zero-order chi connectivity index (χ0) is 12.5. The van der Waals surface area contributed by atoms with Gasteiger partial charge in [0.2, 0.25) is 0 Å². The van der Waals surface area contributed by atoms with Gasteiger partial charge in [0.15, 0.2) is 10.9 Å². The van der Waals surface area contributed by atoms with Crippen molar-refractivity contribution in [3.05, 3.63) is 42.3 Å². The fraction of sp³-hybridized carbons (Fsp3) is 0.308. The first-order chi connectivity index (χ1) is 8.26. The number of ether oxygens (including phenoxy) is 2. The van der Waals surface area contributed by atoms with Gasteiger partial charge in [0.25, 0.3) is 0 Å². The van der Waals surface area contributed by atoms with Crippen LogP contribution in [0.5, 0.6) is 0 Å². The van der Waals surface area contributed by atoms with E-state index in [1.54, 1.807) is 6.08 Å². The van der Waals surface area contributed by atoms with Crippen molar-refractivity contribution >= 4 is 23.0 Å². The number of anilines is 1. The van der Waals surface area contributed by atoms with Crippen molar-refractivity contribution in [1.29, 1.82) is 0 Å². The maximum atomic E-state index is 5.45. The van der Waals surface area contributed by atoms with E-state index >= 15 is 0 Å². The lowest BCUT2D eigenvalue weighted by molar-refractivity contribution is 0.234. The Hall–Kier alpha value is -1.55. The number of hydrogen-bond donors (Lipinski definition) is 1. The minimum Gasteiger partial charge on any atom is -0.483 e. The first kappa shape index (κ1) is 13.5. The van der Waals surface area contributed by atoms with Gasteiger partial charge in [-0.25, -0.2) is 0 Å². The third-order valence-corrected chi connectivity index (χ3v) is 2.11. The monoisotopic (exact) mass is 251 g/mol. The van der Waals surface area contributed by atoms with Gasteiger partial charge in [0, 0.05) is 5.69 Å². The Labute approximate surface area is 107 Å². The summed E-state index contributed by atoms with van der Waals surface area (Å²) >= 11 is 5.04. The molecule has 0 saturated heterocycles. The van der Waals surface area contributed by atoms with Gasteiger partial charge in [-0.1, -0.05) is 18.2 Å². The van der Waals surface area contributed by atoms with Crippen LogP contribution in [-0.2, 0) is 9.47 Å². The fourth-order valence-corrected chi connectivity index (χ4v) is 1.45. The highest BCUT2D eigenvalue weighted by atomic mass is 32.1. The van der Waals surface area contributed by atoms with Crippen LogP contribution in [-0.4, -0.2) is 18.3 Å². The van der Waals surface area contributed by atoms with Crippen molar-refractivity contribution in [1.82, 2.24) is 0 Å². The molecule has 0 fully saturated rings. The van der Waals surface area contributed by atoms with Gasteiger partial charge in [0.05, 0.1) is 19.3 Å². The first-order valence-electron chi connectivity index (χ1n) is 5.59. The van der Waals surface area contributed by atoms with Crippen molar-refractivity contribution in [2.24, 2.45) is 0 Å². The minimum absolute atomic E-state index is 0.416. The zero-order valence-electron chi connectivity index (χ0n) is 10.1. The summed E-state index contributed by atoms with van der Waals surface area (Å²) in [7, 11) is 0. The molecule has 0 amide bonds. The Kier molecular flexibility index (Phi) is 6.10. The molecule has 92 valence electrons. The summed E-state index contributed by atoms with van der Waals surface area (Å²) in [5.41, 5.74) is 0.950. The van der Waals surface area contributed by atoms with Gasteiger partial charge >= 0.3 is 0 Å². The summed E-state index contributed by atoms with van der Waals surface area (Å²) in [6.45, 7) is 4.94. The molecular formula is C13H17NO2S. The molecule has 0 aliphatic carbocycles. The minimum atomic E-state index is 0.416. The Morgan fingerprint density at radius 1 is 1.18 bits per heavy atom. The van der Waals surface area contributed by atoms with Crippen LogP contribution in [0.3, 0.4) is 0 Å². The molecule has 1 aromatic rings. The molecule has 0 aromatic heterocycles. The van der Waals surface area contributed by atoms with Gasteiger partial charge < -0.3 is 14.8 Å². The van der Waals surface area contributed by atoms with Crippen LogP contribution in [0.4, 0.5) is 5.69 Å². The van der Waals surface area contributed by atoms with Crippen LogP contribution in [0.15, 0.2) is 42.3 Å². The summed E-state index contributed by atoms with van der Waals surface area (Å²) in [6, 6.07) is 9.77. The van der Waals surface area contributed by atoms with E-state index < -0.39 is 0 Å². The van der Waals surface area contributed by atoms with Crippen molar-refractivity contribution < 1.29 is 9.47 Å². The largest absolute Gasteiger partial charge is 0.483 e. The predicted octanol–water partition coefficient (Wildman–Crippen LogP) is 3.34. The van der Waals surface area contributed by atoms with Gasteiger partial charge in [-0.15, -0.1) is 0 Å². The lowest BCUT2D eigenvalue weighted by atomic mass is 10.3. The molecule has 0 radical (unpaired) electrons. The maximum Gasteiger partial charge on any atom is 0.195 e. The molecule has 0 aliphatic rings. The molecule has 0 bridgehead atoms. The maximum absolute atomic E-state index is 5.45. The smallest absolute Gasteiger partial charge is 0.195 e. The predicted molar refractivity (Wildman–Crippen MR) is 74.0 cm³/mol. The fourth-order valence-electron chi connectivity index (χ4n) is 1.22. The van der Waals surface area contributed by atoms with Gasteiger partial charge in [-0.05, 0) is 38.2 Å². The van der Waals surface area contributed by atoms with Gasteiger partial charge in [-0.3, -0.25) is 0 Å². The third-order valence-electron chi connectivity index (χ3n) is 1.88. The Balaban J connectivity index is 2.69. The van der Waals surface area contributed by atoms with Gasteiger partial charge in [0.1, 0.15) is 0 Å². The lowest BCUT2D eigenvalue weighted by Gasteiger charge is -2.11. The summed E-state index contributed by atoms with van der Waals surface area (Å²) in [5.74, 6) is 0.595. The summed E-state index contributed by atoms with van der Waals surface area (Å²) in [5, 5.41) is 3.56. The molecule has 17 heavy (non-hydrogen) atoms. The number of hydrogen-bond acceptors (Lipinski definition) is 4. The van der Waals surface area contributed by atoms with Crippen LogP contribution in [0.2, 0.25) is 0 Å². The van der Waals surface area contributed by atoms with Crippen LogP contribution in [0.25, 0.3) is 0 Å². The average Bonchev–Trinajstić information content (AvgIpc) is 2.31. The molecule has 1 rings (SSSR count). The van der Waals surface area contributed by atoms with Crippen molar-refractivity contribution in [2.45, 2.75) is 13.8 Å². The SMILES string of the molecule is CCOC(=S)/C=C(\Nc1ccccc1)OCC. The molecule has 0 unspecified atom stereocenters. The Bertz CT molecular complexity index is 376. The van der Waals surface area contributed by atoms with Crippen LogP contribution >= 0.6 is 12.2 Å². The van der Waals surface area contributed by atoms with E-state index in [0.29, 0.717) is 24.1 Å². The highest BCUT2D eigenvalue weighted by Gasteiger charge is 2.01. The van der Waals surface area contributed by atoms with Crippen LogP contribution in [0, 0.1) is 0 Å². The van der Waals surface area contributed by atoms with Gasteiger partial charge in [-0.2, -0.15) is 0 Å². The first-order valence-corrected chi connectivity index (χ1v) is 6.00. The molecule has 0 spiro atoms. The molecule has 1 aromatic carbocycles. The molecular weight excluding hydrogens is 234 g/mol. The van der Waals surface area contributed by atoms with E-state index in [2.05, 4.69) is 5.32 Å². The number of thiocarbonyl (C=S) groups is 1. The molecule has 3 nitrogen and oxygen atoms in total. The molecule has 0 heterocycles. The zero-order valence-corrected chi connectivity index (χ0v) is 10.9. The summed E-state index contributed by atoms with van der Waals surface area (Å²) in [6.07, 6.45) is 1.68. The van der Waals surface area contributed by atoms with E-state index in [4.69, 9.17) is 21.7 Å². The van der Waals surface area contributed by atoms with Crippen molar-refractivity contribution in [3.63, 3.8) is 0 Å². The van der Waals surface area contributed by atoms with Crippen molar-refractivity contribution in [2.75, 3.05) is 18.5 Å². The number of benzene rings is 1. The quantitative estimate of drug-likeness (QED) is 0.477. The normalized spacial score (nSPS) is 10.8. The lowest BCUT2D eigenvalue weighted by Crippen LogP contribution is -2.08. The summed E-state index contributed by atoms with van der Waals surface area (Å²) in [4.78, 5) is 0. The van der Waals surface area contributed by atoms with Crippen molar-refractivity contribution in [3.8, 4) is 0 Å². The Morgan fingerprint density at radius 2 is 1.82 bits per heavy atom. The summed E-state index contributed by atoms with van der Waals surface area (Å²) < 4.78 is 10.6. The molecule has 4 heteroatoms. The number of nitrogens with one attached hydrogen (secondary N) is 1.